The molecule has 0 aliphatic heterocycles. The second kappa shape index (κ2) is 6.16. The molecule has 9 heteroatoms. The highest BCUT2D eigenvalue weighted by Gasteiger charge is 2.33. The Bertz CT molecular complexity index is 612. The largest absolute Gasteiger partial charge is 0.502 e. The standard InChI is InChI=1S/C12H14N2O7/c1-4-6(2)10-11(16)8(13(17)18)5-9(14(19)20)12(10)21-7(3)15/h5-6,16H,4H2,1-3H3. The number of aromatic hydroxyl groups is 1. The molecule has 9 nitrogen and oxygen atoms in total. The monoisotopic (exact) mass is 298 g/mol. The van der Waals surface area contributed by atoms with E-state index in [4.69, 9.17) is 4.74 Å². The summed E-state index contributed by atoms with van der Waals surface area (Å²) in [6.45, 7) is 4.38. The van der Waals surface area contributed by atoms with Crippen LogP contribution in [0.15, 0.2) is 6.07 Å². The van der Waals surface area contributed by atoms with Gasteiger partial charge in [0, 0.05) is 6.92 Å². The van der Waals surface area contributed by atoms with E-state index in [1.54, 1.807) is 13.8 Å². The minimum absolute atomic E-state index is 0.117. The molecule has 1 atom stereocenters. The number of rotatable bonds is 5. The summed E-state index contributed by atoms with van der Waals surface area (Å²) in [7, 11) is 0. The van der Waals surface area contributed by atoms with Crippen molar-refractivity contribution < 1.29 is 24.5 Å². The van der Waals surface area contributed by atoms with E-state index in [9.17, 15) is 30.1 Å². The molecule has 0 aromatic heterocycles. The van der Waals surface area contributed by atoms with E-state index in [2.05, 4.69) is 0 Å². The van der Waals surface area contributed by atoms with Crippen LogP contribution >= 0.6 is 0 Å². The lowest BCUT2D eigenvalue weighted by atomic mass is 9.95. The van der Waals surface area contributed by atoms with Crippen molar-refractivity contribution in [1.82, 2.24) is 0 Å². The van der Waals surface area contributed by atoms with Gasteiger partial charge < -0.3 is 9.84 Å². The predicted molar refractivity (Wildman–Crippen MR) is 71.4 cm³/mol. The van der Waals surface area contributed by atoms with E-state index >= 15 is 0 Å². The Morgan fingerprint density at radius 2 is 1.86 bits per heavy atom. The molecule has 0 saturated heterocycles. The summed E-state index contributed by atoms with van der Waals surface area (Å²) in [6.07, 6.45) is 0.431. The average molecular weight is 298 g/mol. The van der Waals surface area contributed by atoms with Crippen molar-refractivity contribution in [2.24, 2.45) is 0 Å². The predicted octanol–water partition coefficient (Wildman–Crippen LogP) is 2.65. The van der Waals surface area contributed by atoms with Gasteiger partial charge in [0.15, 0.2) is 0 Å². The topological polar surface area (TPSA) is 133 Å². The minimum Gasteiger partial charge on any atom is -0.502 e. The molecule has 114 valence electrons. The molecule has 1 unspecified atom stereocenters. The fraction of sp³-hybridized carbons (Fsp3) is 0.417. The first-order chi connectivity index (χ1) is 9.70. The van der Waals surface area contributed by atoms with Gasteiger partial charge in [0.25, 0.3) is 0 Å². The second-order valence-electron chi connectivity index (χ2n) is 4.42. The van der Waals surface area contributed by atoms with Crippen LogP contribution in [0.25, 0.3) is 0 Å². The first-order valence-electron chi connectivity index (χ1n) is 6.07. The maximum Gasteiger partial charge on any atom is 0.319 e. The van der Waals surface area contributed by atoms with Crippen LogP contribution in [0, 0.1) is 20.2 Å². The van der Waals surface area contributed by atoms with Crippen LogP contribution in [0.4, 0.5) is 11.4 Å². The molecular weight excluding hydrogens is 284 g/mol. The normalized spacial score (nSPS) is 11.8. The molecule has 21 heavy (non-hydrogen) atoms. The second-order valence-corrected chi connectivity index (χ2v) is 4.42. The molecule has 0 heterocycles. The van der Waals surface area contributed by atoms with Gasteiger partial charge in [0.1, 0.15) is 6.07 Å². The van der Waals surface area contributed by atoms with Crippen molar-refractivity contribution in [3.8, 4) is 11.5 Å². The molecule has 1 aromatic carbocycles. The summed E-state index contributed by atoms with van der Waals surface area (Å²) in [5.74, 6) is -2.48. The van der Waals surface area contributed by atoms with E-state index in [-0.39, 0.29) is 5.56 Å². The highest BCUT2D eigenvalue weighted by Crippen LogP contribution is 2.47. The van der Waals surface area contributed by atoms with Gasteiger partial charge in [-0.25, -0.2) is 0 Å². The Morgan fingerprint density at radius 3 is 2.24 bits per heavy atom. The number of nitro groups is 2. The van der Waals surface area contributed by atoms with Gasteiger partial charge in [0.2, 0.25) is 11.5 Å². The van der Waals surface area contributed by atoms with Crippen molar-refractivity contribution in [2.45, 2.75) is 33.1 Å². The fourth-order valence-corrected chi connectivity index (χ4v) is 1.83. The van der Waals surface area contributed by atoms with Crippen LogP contribution in [0.5, 0.6) is 11.5 Å². The highest BCUT2D eigenvalue weighted by molar-refractivity contribution is 5.75. The van der Waals surface area contributed by atoms with Crippen LogP contribution in [0.1, 0.15) is 38.7 Å². The molecule has 0 spiro atoms. The van der Waals surface area contributed by atoms with Gasteiger partial charge in [-0.3, -0.25) is 25.0 Å². The summed E-state index contributed by atoms with van der Waals surface area (Å²) in [5.41, 5.74) is -1.65. The maximum atomic E-state index is 11.1. The summed E-state index contributed by atoms with van der Waals surface area (Å²) < 4.78 is 4.81. The molecule has 1 aromatic rings. The Morgan fingerprint density at radius 1 is 1.33 bits per heavy atom. The van der Waals surface area contributed by atoms with E-state index in [0.29, 0.717) is 12.5 Å². The van der Waals surface area contributed by atoms with Gasteiger partial charge in [-0.05, 0) is 12.3 Å². The first kappa shape index (κ1) is 16.3. The number of hydrogen-bond donors (Lipinski definition) is 1. The van der Waals surface area contributed by atoms with E-state index in [1.165, 1.54) is 0 Å². The molecule has 0 radical (unpaired) electrons. The Kier molecular flexibility index (Phi) is 4.79. The molecule has 0 fully saturated rings. The van der Waals surface area contributed by atoms with Gasteiger partial charge in [-0.15, -0.1) is 0 Å². The van der Waals surface area contributed by atoms with Crippen molar-refractivity contribution >= 4 is 17.3 Å². The smallest absolute Gasteiger partial charge is 0.319 e. The number of carbonyl (C=O) groups excluding carboxylic acids is 1. The van der Waals surface area contributed by atoms with Crippen molar-refractivity contribution in [3.63, 3.8) is 0 Å². The molecule has 1 N–H and O–H groups in total. The fourth-order valence-electron chi connectivity index (χ4n) is 1.83. The number of esters is 1. The highest BCUT2D eigenvalue weighted by atomic mass is 16.6. The maximum absolute atomic E-state index is 11.1. The number of nitrogens with zero attached hydrogens (tertiary/aromatic N) is 2. The lowest BCUT2D eigenvalue weighted by Crippen LogP contribution is -2.09. The lowest BCUT2D eigenvalue weighted by Gasteiger charge is -2.15. The number of hydrogen-bond acceptors (Lipinski definition) is 7. The van der Waals surface area contributed by atoms with Gasteiger partial charge in [-0.1, -0.05) is 13.8 Å². The molecule has 0 saturated carbocycles. The summed E-state index contributed by atoms with van der Waals surface area (Å²) in [4.78, 5) is 31.3. The number of benzene rings is 1. The van der Waals surface area contributed by atoms with Gasteiger partial charge in [-0.2, -0.15) is 0 Å². The quantitative estimate of drug-likeness (QED) is 0.382. The zero-order chi connectivity index (χ0) is 16.3. The molecule has 0 bridgehead atoms. The van der Waals surface area contributed by atoms with Crippen LogP contribution < -0.4 is 4.74 Å². The van der Waals surface area contributed by atoms with Crippen molar-refractivity contribution in [3.05, 3.63) is 31.9 Å². The zero-order valence-electron chi connectivity index (χ0n) is 11.7. The Balaban J connectivity index is 3.79. The van der Waals surface area contributed by atoms with Crippen LogP contribution in [0.3, 0.4) is 0 Å². The molecule has 0 amide bonds. The number of phenols is 1. The third-order valence-electron chi connectivity index (χ3n) is 2.99. The van der Waals surface area contributed by atoms with E-state index in [0.717, 1.165) is 6.92 Å². The summed E-state index contributed by atoms with van der Waals surface area (Å²) in [5, 5.41) is 32.0. The Hall–Kier alpha value is -2.71. The molecule has 0 aliphatic rings. The minimum atomic E-state index is -0.925. The van der Waals surface area contributed by atoms with Crippen molar-refractivity contribution in [2.75, 3.05) is 0 Å². The van der Waals surface area contributed by atoms with E-state index in [1.807, 2.05) is 0 Å². The third kappa shape index (κ3) is 3.25. The Labute approximate surface area is 119 Å². The van der Waals surface area contributed by atoms with Crippen LogP contribution in [0.2, 0.25) is 0 Å². The van der Waals surface area contributed by atoms with Gasteiger partial charge >= 0.3 is 17.3 Å². The van der Waals surface area contributed by atoms with E-state index < -0.39 is 44.6 Å². The zero-order valence-corrected chi connectivity index (χ0v) is 11.7. The number of carbonyl (C=O) groups is 1. The van der Waals surface area contributed by atoms with Crippen LogP contribution in [-0.2, 0) is 4.79 Å². The molecule has 1 rings (SSSR count). The summed E-state index contributed by atoms with van der Waals surface area (Å²) in [6, 6.07) is 0.583. The van der Waals surface area contributed by atoms with Crippen LogP contribution in [-0.4, -0.2) is 20.9 Å². The third-order valence-corrected chi connectivity index (χ3v) is 2.99. The molecular formula is C12H14N2O7. The lowest BCUT2D eigenvalue weighted by molar-refractivity contribution is -0.395. The number of nitro benzene ring substituents is 2. The number of phenolic OH excluding ortho intramolecular Hbond substituents is 1. The first-order valence-corrected chi connectivity index (χ1v) is 6.07. The van der Waals surface area contributed by atoms with Gasteiger partial charge in [0.05, 0.1) is 15.4 Å². The van der Waals surface area contributed by atoms with Crippen molar-refractivity contribution in [1.29, 1.82) is 0 Å². The molecule has 0 aliphatic carbocycles. The SMILES string of the molecule is CCC(C)c1c(O)c([N+](=O)[O-])cc([N+](=O)[O-])c1OC(C)=O. The number of ether oxygens (including phenoxy) is 1. The average Bonchev–Trinajstić information content (AvgIpc) is 2.36. The summed E-state index contributed by atoms with van der Waals surface area (Å²) >= 11 is 0.